The molecule has 0 saturated heterocycles. The molecule has 1 aliphatic heterocycles. The average Bonchev–Trinajstić information content (AvgIpc) is 3.19. The Kier molecular flexibility index (Phi) is 5.79. The van der Waals surface area contributed by atoms with Gasteiger partial charge >= 0.3 is 0 Å². The number of carbonyl (C=O) groups excluding carboxylic acids is 1. The maximum atomic E-state index is 13.1. The first kappa shape index (κ1) is 21.1. The minimum Gasteiger partial charge on any atom is -0.508 e. The molecule has 0 aromatic heterocycles. The van der Waals surface area contributed by atoms with Crippen LogP contribution in [0.1, 0.15) is 52.4 Å². The zero-order valence-corrected chi connectivity index (χ0v) is 17.5. The predicted molar refractivity (Wildman–Crippen MR) is 117 cm³/mol. The van der Waals surface area contributed by atoms with Gasteiger partial charge in [0.15, 0.2) is 0 Å². The number of nitrogens with zero attached hydrogens (tertiary/aromatic N) is 1. The SMILES string of the molecule is CC(O)(CCCc1ccc(F)cc1)c1cc(C(=O)N2Cc3ccccc3C2)ccc1O. The number of rotatable bonds is 6. The zero-order chi connectivity index (χ0) is 22.0. The number of benzene rings is 3. The van der Waals surface area contributed by atoms with Gasteiger partial charge in [0, 0.05) is 24.2 Å². The van der Waals surface area contributed by atoms with Crippen LogP contribution in [0, 0.1) is 5.82 Å². The Labute approximate surface area is 181 Å². The van der Waals surface area contributed by atoms with E-state index in [0.717, 1.165) is 16.7 Å². The van der Waals surface area contributed by atoms with E-state index < -0.39 is 5.60 Å². The third-order valence-corrected chi connectivity index (χ3v) is 5.99. The first-order chi connectivity index (χ1) is 14.8. The van der Waals surface area contributed by atoms with Crippen molar-refractivity contribution in [3.8, 4) is 5.75 Å². The maximum absolute atomic E-state index is 13.1. The van der Waals surface area contributed by atoms with Gasteiger partial charge in [0.2, 0.25) is 0 Å². The Morgan fingerprint density at radius 2 is 1.68 bits per heavy atom. The second-order valence-electron chi connectivity index (χ2n) is 8.42. The lowest BCUT2D eigenvalue weighted by molar-refractivity contribution is 0.0432. The van der Waals surface area contributed by atoms with Gasteiger partial charge < -0.3 is 15.1 Å². The van der Waals surface area contributed by atoms with Gasteiger partial charge in [-0.1, -0.05) is 36.4 Å². The van der Waals surface area contributed by atoms with Crippen molar-refractivity contribution in [2.24, 2.45) is 0 Å². The monoisotopic (exact) mass is 419 g/mol. The Morgan fingerprint density at radius 3 is 2.32 bits per heavy atom. The molecule has 3 aromatic rings. The number of carbonyl (C=O) groups is 1. The molecule has 1 aliphatic rings. The van der Waals surface area contributed by atoms with Crippen LogP contribution < -0.4 is 0 Å². The first-order valence-electron chi connectivity index (χ1n) is 10.5. The Morgan fingerprint density at radius 1 is 1.03 bits per heavy atom. The molecule has 0 aliphatic carbocycles. The molecule has 1 unspecified atom stereocenters. The van der Waals surface area contributed by atoms with Crippen molar-refractivity contribution in [1.29, 1.82) is 0 Å². The molecule has 4 rings (SSSR count). The van der Waals surface area contributed by atoms with Crippen molar-refractivity contribution in [3.63, 3.8) is 0 Å². The first-order valence-corrected chi connectivity index (χ1v) is 10.5. The summed E-state index contributed by atoms with van der Waals surface area (Å²) in [7, 11) is 0. The number of phenols is 1. The summed E-state index contributed by atoms with van der Waals surface area (Å²) >= 11 is 0. The van der Waals surface area contributed by atoms with Gasteiger partial charge in [-0.3, -0.25) is 4.79 Å². The number of aromatic hydroxyl groups is 1. The van der Waals surface area contributed by atoms with Gasteiger partial charge in [-0.05, 0) is 73.2 Å². The molecule has 3 aromatic carbocycles. The van der Waals surface area contributed by atoms with E-state index in [2.05, 4.69) is 0 Å². The van der Waals surface area contributed by atoms with Crippen LogP contribution in [0.3, 0.4) is 0 Å². The highest BCUT2D eigenvalue weighted by Crippen LogP contribution is 2.35. The number of amides is 1. The van der Waals surface area contributed by atoms with Gasteiger partial charge in [0.05, 0.1) is 5.60 Å². The molecule has 0 fully saturated rings. The normalized spacial score (nSPS) is 14.9. The van der Waals surface area contributed by atoms with Crippen LogP contribution in [-0.2, 0) is 25.1 Å². The van der Waals surface area contributed by atoms with Gasteiger partial charge in [0.25, 0.3) is 5.91 Å². The van der Waals surface area contributed by atoms with E-state index in [1.807, 2.05) is 24.3 Å². The summed E-state index contributed by atoms with van der Waals surface area (Å²) < 4.78 is 13.1. The van der Waals surface area contributed by atoms with Crippen LogP contribution in [0.5, 0.6) is 5.75 Å². The Bertz CT molecular complexity index is 1070. The Balaban J connectivity index is 1.46. The lowest BCUT2D eigenvalue weighted by Crippen LogP contribution is -2.27. The molecular weight excluding hydrogens is 393 g/mol. The summed E-state index contributed by atoms with van der Waals surface area (Å²) in [5.74, 6) is -0.434. The van der Waals surface area contributed by atoms with E-state index in [-0.39, 0.29) is 17.5 Å². The topological polar surface area (TPSA) is 60.8 Å². The highest BCUT2D eigenvalue weighted by Gasteiger charge is 2.29. The van der Waals surface area contributed by atoms with Crippen LogP contribution in [-0.4, -0.2) is 21.0 Å². The predicted octanol–water partition coefficient (Wildman–Crippen LogP) is 4.92. The molecular formula is C26H26FNO3. The smallest absolute Gasteiger partial charge is 0.254 e. The van der Waals surface area contributed by atoms with E-state index in [9.17, 15) is 19.4 Å². The summed E-state index contributed by atoms with van der Waals surface area (Å²) in [5.41, 5.74) is 2.76. The summed E-state index contributed by atoms with van der Waals surface area (Å²) in [6.45, 7) is 2.76. The van der Waals surface area contributed by atoms with Gasteiger partial charge in [-0.15, -0.1) is 0 Å². The molecule has 0 spiro atoms. The molecule has 1 atom stereocenters. The van der Waals surface area contributed by atoms with Crippen LogP contribution >= 0.6 is 0 Å². The summed E-state index contributed by atoms with van der Waals surface area (Å²) in [6.07, 6.45) is 1.73. The number of hydrogen-bond acceptors (Lipinski definition) is 3. The maximum Gasteiger partial charge on any atom is 0.254 e. The van der Waals surface area contributed by atoms with Crippen molar-refractivity contribution in [2.75, 3.05) is 0 Å². The van der Waals surface area contributed by atoms with Crippen molar-refractivity contribution < 1.29 is 19.4 Å². The highest BCUT2D eigenvalue weighted by atomic mass is 19.1. The largest absolute Gasteiger partial charge is 0.508 e. The second kappa shape index (κ2) is 8.52. The van der Waals surface area contributed by atoms with Crippen LogP contribution in [0.25, 0.3) is 0 Å². The molecule has 1 heterocycles. The third kappa shape index (κ3) is 4.62. The minimum atomic E-state index is -1.30. The van der Waals surface area contributed by atoms with Crippen molar-refractivity contribution in [3.05, 3.63) is 100 Å². The van der Waals surface area contributed by atoms with Crippen molar-refractivity contribution in [2.45, 2.75) is 44.9 Å². The minimum absolute atomic E-state index is 0.0342. The number of phenolic OH excluding ortho intramolecular Hbond substituents is 1. The molecule has 31 heavy (non-hydrogen) atoms. The number of halogens is 1. The quantitative estimate of drug-likeness (QED) is 0.596. The van der Waals surface area contributed by atoms with Crippen LogP contribution in [0.2, 0.25) is 0 Å². The van der Waals surface area contributed by atoms with Gasteiger partial charge in [0.1, 0.15) is 11.6 Å². The molecule has 0 saturated carbocycles. The zero-order valence-electron chi connectivity index (χ0n) is 17.5. The van der Waals surface area contributed by atoms with E-state index >= 15 is 0 Å². The van der Waals surface area contributed by atoms with Gasteiger partial charge in [-0.2, -0.15) is 0 Å². The number of hydrogen-bond donors (Lipinski definition) is 2. The fraction of sp³-hybridized carbons (Fsp3) is 0.269. The molecule has 160 valence electrons. The Hall–Kier alpha value is -3.18. The van der Waals surface area contributed by atoms with E-state index in [4.69, 9.17) is 0 Å². The molecule has 5 heteroatoms. The van der Waals surface area contributed by atoms with Crippen LogP contribution in [0.15, 0.2) is 66.7 Å². The summed E-state index contributed by atoms with van der Waals surface area (Å²) in [5, 5.41) is 21.4. The molecule has 0 radical (unpaired) electrons. The fourth-order valence-corrected chi connectivity index (χ4v) is 4.18. The molecule has 1 amide bonds. The number of fused-ring (bicyclic) bond motifs is 1. The highest BCUT2D eigenvalue weighted by molar-refractivity contribution is 5.95. The number of aliphatic hydroxyl groups is 1. The molecule has 4 nitrogen and oxygen atoms in total. The average molecular weight is 419 g/mol. The standard InChI is InChI=1S/C26H26FNO3/c1-26(31,14-4-5-18-8-11-22(27)12-9-18)23-15-19(10-13-24(23)29)25(30)28-16-20-6-2-3-7-21(20)17-28/h2-3,6-13,15,29,31H,4-5,14,16-17H2,1H3. The fourth-order valence-electron chi connectivity index (χ4n) is 4.18. The van der Waals surface area contributed by atoms with Crippen molar-refractivity contribution in [1.82, 2.24) is 4.90 Å². The van der Waals surface area contributed by atoms with E-state index in [1.165, 1.54) is 18.2 Å². The van der Waals surface area contributed by atoms with E-state index in [0.29, 0.717) is 43.5 Å². The number of aryl methyl sites for hydroxylation is 1. The van der Waals surface area contributed by atoms with Crippen molar-refractivity contribution >= 4 is 5.91 Å². The second-order valence-corrected chi connectivity index (χ2v) is 8.42. The molecule has 0 bridgehead atoms. The van der Waals surface area contributed by atoms with Crippen LogP contribution in [0.4, 0.5) is 4.39 Å². The third-order valence-electron chi connectivity index (χ3n) is 5.99. The summed E-state index contributed by atoms with van der Waals surface area (Å²) in [4.78, 5) is 14.8. The summed E-state index contributed by atoms with van der Waals surface area (Å²) in [6, 6.07) is 19.0. The van der Waals surface area contributed by atoms with E-state index in [1.54, 1.807) is 36.1 Å². The lowest BCUT2D eigenvalue weighted by atomic mass is 9.88. The molecule has 2 N–H and O–H groups in total. The lowest BCUT2D eigenvalue weighted by Gasteiger charge is -2.26. The van der Waals surface area contributed by atoms with Gasteiger partial charge in [-0.25, -0.2) is 4.39 Å².